The lowest BCUT2D eigenvalue weighted by Gasteiger charge is -2.17. The Morgan fingerprint density at radius 2 is 2.16 bits per heavy atom. The van der Waals surface area contributed by atoms with Gasteiger partial charge in [-0.2, -0.15) is 0 Å². The van der Waals surface area contributed by atoms with Crippen molar-refractivity contribution in [2.45, 2.75) is 18.8 Å². The third-order valence-corrected chi connectivity index (χ3v) is 2.63. The van der Waals surface area contributed by atoms with E-state index in [1.807, 2.05) is 0 Å². The van der Waals surface area contributed by atoms with Crippen LogP contribution in [0.2, 0.25) is 0 Å². The number of nitrogens with zero attached hydrogens (tertiary/aromatic N) is 1. The highest BCUT2D eigenvalue weighted by atomic mass is 16.7. The molecule has 1 aliphatic rings. The van der Waals surface area contributed by atoms with Gasteiger partial charge in [-0.15, -0.1) is 0 Å². The number of rotatable bonds is 6. The van der Waals surface area contributed by atoms with Gasteiger partial charge in [-0.05, 0) is 18.6 Å². The maximum Gasteiger partial charge on any atom is 0.269 e. The van der Waals surface area contributed by atoms with Crippen LogP contribution in [0.3, 0.4) is 0 Å². The summed E-state index contributed by atoms with van der Waals surface area (Å²) in [6, 6.07) is 5.44. The molecule has 0 saturated carbocycles. The van der Waals surface area contributed by atoms with Gasteiger partial charge in [0.05, 0.1) is 17.6 Å². The molecule has 0 aromatic heterocycles. The van der Waals surface area contributed by atoms with Gasteiger partial charge in [0.25, 0.3) is 12.0 Å². The third-order valence-electron chi connectivity index (χ3n) is 2.63. The van der Waals surface area contributed by atoms with Crippen LogP contribution in [-0.4, -0.2) is 36.8 Å². The number of nitro groups is 1. The predicted octanol–water partition coefficient (Wildman–Crippen LogP) is 1.30. The van der Waals surface area contributed by atoms with Crippen molar-refractivity contribution in [3.8, 4) is 5.75 Å². The Labute approximate surface area is 109 Å². The van der Waals surface area contributed by atoms with E-state index in [-0.39, 0.29) is 11.8 Å². The first-order valence-electron chi connectivity index (χ1n) is 5.78. The molecule has 1 saturated heterocycles. The average molecular weight is 267 g/mol. The molecule has 102 valence electrons. The molecule has 0 amide bonds. The van der Waals surface area contributed by atoms with Crippen molar-refractivity contribution in [3.05, 3.63) is 34.4 Å². The number of carbonyl (C=O) groups is 1. The van der Waals surface area contributed by atoms with Crippen molar-refractivity contribution < 1.29 is 23.9 Å². The highest BCUT2D eigenvalue weighted by Crippen LogP contribution is 2.19. The zero-order valence-corrected chi connectivity index (χ0v) is 10.1. The Bertz CT molecular complexity index is 440. The molecule has 1 aromatic carbocycles. The minimum Gasteiger partial charge on any atom is -0.458 e. The van der Waals surface area contributed by atoms with Crippen molar-refractivity contribution in [3.63, 3.8) is 0 Å². The summed E-state index contributed by atoms with van der Waals surface area (Å²) in [7, 11) is 0. The number of nitro benzene ring substituents is 1. The van der Waals surface area contributed by atoms with Crippen molar-refractivity contribution >= 4 is 12.0 Å². The van der Waals surface area contributed by atoms with Crippen LogP contribution < -0.4 is 4.74 Å². The van der Waals surface area contributed by atoms with Crippen LogP contribution in [0.4, 0.5) is 5.69 Å². The Kier molecular flexibility index (Phi) is 4.43. The fraction of sp³-hybridized carbons (Fsp3) is 0.417. The molecule has 2 rings (SSSR count). The number of aldehydes is 1. The van der Waals surface area contributed by atoms with Gasteiger partial charge in [0.2, 0.25) is 0 Å². The molecule has 2 atom stereocenters. The minimum atomic E-state index is -1.03. The lowest BCUT2D eigenvalue weighted by molar-refractivity contribution is -0.384. The second-order valence-corrected chi connectivity index (χ2v) is 4.00. The average Bonchev–Trinajstić information content (AvgIpc) is 2.91. The van der Waals surface area contributed by atoms with Crippen molar-refractivity contribution in [1.29, 1.82) is 0 Å². The first kappa shape index (κ1) is 13.4. The van der Waals surface area contributed by atoms with Gasteiger partial charge in [0.1, 0.15) is 5.75 Å². The monoisotopic (exact) mass is 267 g/mol. The normalized spacial score (nSPS) is 19.9. The van der Waals surface area contributed by atoms with Crippen molar-refractivity contribution in [1.82, 2.24) is 0 Å². The summed E-state index contributed by atoms with van der Waals surface area (Å²) in [4.78, 5) is 20.9. The van der Waals surface area contributed by atoms with Crippen LogP contribution in [0.25, 0.3) is 0 Å². The first-order chi connectivity index (χ1) is 9.19. The predicted molar refractivity (Wildman–Crippen MR) is 63.9 cm³/mol. The van der Waals surface area contributed by atoms with Crippen LogP contribution in [0.5, 0.6) is 5.75 Å². The molecule has 1 aromatic rings. The zero-order valence-electron chi connectivity index (χ0n) is 10.1. The topological polar surface area (TPSA) is 87.9 Å². The van der Waals surface area contributed by atoms with Gasteiger partial charge in [-0.25, -0.2) is 0 Å². The molecule has 1 heterocycles. The first-order valence-corrected chi connectivity index (χ1v) is 5.78. The molecule has 1 aliphatic heterocycles. The van der Waals surface area contributed by atoms with Crippen LogP contribution in [0.1, 0.15) is 6.42 Å². The molecule has 7 heteroatoms. The van der Waals surface area contributed by atoms with Crippen LogP contribution in [0, 0.1) is 10.1 Å². The van der Waals surface area contributed by atoms with E-state index in [9.17, 15) is 14.9 Å². The van der Waals surface area contributed by atoms with Crippen LogP contribution in [0.15, 0.2) is 24.3 Å². The summed E-state index contributed by atoms with van der Waals surface area (Å²) in [6.45, 7) is 1.04. The molecule has 0 aliphatic carbocycles. The molecular weight excluding hydrogens is 254 g/mol. The standard InChI is InChI=1S/C12H13NO6/c14-7-12(19-11-5-6-17-8-11)18-10-3-1-9(2-4-10)13(15)16/h1-4,7,11-12H,5-6,8H2. The molecule has 19 heavy (non-hydrogen) atoms. The molecule has 2 unspecified atom stereocenters. The van der Waals surface area contributed by atoms with E-state index in [4.69, 9.17) is 14.2 Å². The second kappa shape index (κ2) is 6.26. The summed E-state index contributed by atoms with van der Waals surface area (Å²) < 4.78 is 15.8. The highest BCUT2D eigenvalue weighted by Gasteiger charge is 2.22. The van der Waals surface area contributed by atoms with E-state index < -0.39 is 11.2 Å². The summed E-state index contributed by atoms with van der Waals surface area (Å²) in [6.07, 6.45) is 0.0645. The Morgan fingerprint density at radius 1 is 1.42 bits per heavy atom. The van der Waals surface area contributed by atoms with E-state index >= 15 is 0 Å². The number of non-ortho nitro benzene ring substituents is 1. The maximum atomic E-state index is 10.9. The largest absolute Gasteiger partial charge is 0.458 e. The fourth-order valence-electron chi connectivity index (χ4n) is 1.68. The molecule has 1 fully saturated rings. The molecule has 0 radical (unpaired) electrons. The molecule has 0 bridgehead atoms. The summed E-state index contributed by atoms with van der Waals surface area (Å²) in [5.74, 6) is 0.335. The molecular formula is C12H13NO6. The van der Waals surface area contributed by atoms with E-state index in [1.165, 1.54) is 24.3 Å². The lowest BCUT2D eigenvalue weighted by atomic mass is 10.3. The minimum absolute atomic E-state index is 0.0416. The number of ether oxygens (including phenoxy) is 3. The van der Waals surface area contributed by atoms with Crippen molar-refractivity contribution in [2.75, 3.05) is 13.2 Å². The SMILES string of the molecule is O=CC(Oc1ccc([N+](=O)[O-])cc1)OC1CCOC1. The van der Waals surface area contributed by atoms with Gasteiger partial charge in [0.15, 0.2) is 6.29 Å². The Morgan fingerprint density at radius 3 is 2.68 bits per heavy atom. The van der Waals surface area contributed by atoms with E-state index in [0.717, 1.165) is 0 Å². The smallest absolute Gasteiger partial charge is 0.269 e. The summed E-state index contributed by atoms with van der Waals surface area (Å²) in [5.41, 5.74) is -0.0416. The number of benzene rings is 1. The lowest BCUT2D eigenvalue weighted by Crippen LogP contribution is -2.28. The highest BCUT2D eigenvalue weighted by molar-refractivity contribution is 5.55. The molecule has 0 N–H and O–H groups in total. The molecule has 0 spiro atoms. The maximum absolute atomic E-state index is 10.9. The number of hydrogen-bond donors (Lipinski definition) is 0. The van der Waals surface area contributed by atoms with Crippen LogP contribution >= 0.6 is 0 Å². The zero-order chi connectivity index (χ0) is 13.7. The fourth-order valence-corrected chi connectivity index (χ4v) is 1.68. The summed E-state index contributed by atoms with van der Waals surface area (Å²) >= 11 is 0. The van der Waals surface area contributed by atoms with Gasteiger partial charge in [0, 0.05) is 18.7 Å². The van der Waals surface area contributed by atoms with Crippen LogP contribution in [-0.2, 0) is 14.3 Å². The Balaban J connectivity index is 1.93. The van der Waals surface area contributed by atoms with Crippen molar-refractivity contribution in [2.24, 2.45) is 0 Å². The quantitative estimate of drug-likeness (QED) is 0.334. The van der Waals surface area contributed by atoms with Gasteiger partial charge in [-0.3, -0.25) is 14.9 Å². The third kappa shape index (κ3) is 3.73. The number of hydrogen-bond acceptors (Lipinski definition) is 6. The van der Waals surface area contributed by atoms with E-state index in [0.29, 0.717) is 31.7 Å². The van der Waals surface area contributed by atoms with Gasteiger partial charge >= 0.3 is 0 Å². The van der Waals surface area contributed by atoms with Gasteiger partial charge < -0.3 is 14.2 Å². The second-order valence-electron chi connectivity index (χ2n) is 4.00. The molecule has 7 nitrogen and oxygen atoms in total. The number of carbonyl (C=O) groups excluding carboxylic acids is 1. The Hall–Kier alpha value is -1.99. The van der Waals surface area contributed by atoms with E-state index in [1.54, 1.807) is 0 Å². The summed E-state index contributed by atoms with van der Waals surface area (Å²) in [5, 5.41) is 10.5. The van der Waals surface area contributed by atoms with Gasteiger partial charge in [-0.1, -0.05) is 0 Å². The van der Waals surface area contributed by atoms with E-state index in [2.05, 4.69) is 0 Å².